The lowest BCUT2D eigenvalue weighted by Gasteiger charge is -2.15. The monoisotopic (exact) mass is 484 g/mol. The van der Waals surface area contributed by atoms with Crippen molar-refractivity contribution in [3.63, 3.8) is 0 Å². The molecule has 178 valence electrons. The number of hydrogen-bond acceptors (Lipinski definition) is 3. The van der Waals surface area contributed by atoms with E-state index >= 15 is 0 Å². The zero-order valence-corrected chi connectivity index (χ0v) is 20.2. The highest BCUT2D eigenvalue weighted by molar-refractivity contribution is 7.89. The molecule has 0 unspecified atom stereocenters. The van der Waals surface area contributed by atoms with Crippen LogP contribution in [0.1, 0.15) is 27.9 Å². The maximum absolute atomic E-state index is 13.0. The van der Waals surface area contributed by atoms with E-state index in [1.54, 1.807) is 36.4 Å². The summed E-state index contributed by atoms with van der Waals surface area (Å²) in [6.07, 6.45) is 1.74. The molecule has 5 nitrogen and oxygen atoms in total. The third-order valence-electron chi connectivity index (χ3n) is 5.76. The van der Waals surface area contributed by atoms with E-state index in [2.05, 4.69) is 22.2 Å². The SMILES string of the molecule is O=C(NCCCc1ccccc1)c1ccccc1-c1ccccc1CNS(=O)(=O)c1ccccc1. The Bertz CT molecular complexity index is 1370. The highest BCUT2D eigenvalue weighted by Gasteiger charge is 2.17. The average Bonchev–Trinajstić information content (AvgIpc) is 2.91. The molecule has 35 heavy (non-hydrogen) atoms. The number of aryl methyl sites for hydroxylation is 1. The summed E-state index contributed by atoms with van der Waals surface area (Å²) in [5.74, 6) is -0.145. The van der Waals surface area contributed by atoms with Crippen molar-refractivity contribution in [3.05, 3.63) is 126 Å². The second-order valence-electron chi connectivity index (χ2n) is 8.19. The molecule has 0 aliphatic carbocycles. The van der Waals surface area contributed by atoms with Crippen molar-refractivity contribution >= 4 is 15.9 Å². The number of nitrogens with one attached hydrogen (secondary N) is 2. The van der Waals surface area contributed by atoms with Crippen LogP contribution in [-0.2, 0) is 23.0 Å². The molecule has 1 amide bonds. The summed E-state index contributed by atoms with van der Waals surface area (Å²) >= 11 is 0. The lowest BCUT2D eigenvalue weighted by molar-refractivity contribution is 0.0954. The van der Waals surface area contributed by atoms with Crippen molar-refractivity contribution < 1.29 is 13.2 Å². The maximum Gasteiger partial charge on any atom is 0.251 e. The fourth-order valence-electron chi connectivity index (χ4n) is 3.94. The van der Waals surface area contributed by atoms with Crippen LogP contribution in [0.5, 0.6) is 0 Å². The number of amides is 1. The first-order chi connectivity index (χ1) is 17.0. The first-order valence-electron chi connectivity index (χ1n) is 11.6. The Hall–Kier alpha value is -3.74. The second kappa shape index (κ2) is 11.6. The molecule has 6 heteroatoms. The van der Waals surface area contributed by atoms with Crippen LogP contribution in [0.2, 0.25) is 0 Å². The minimum Gasteiger partial charge on any atom is -0.352 e. The van der Waals surface area contributed by atoms with Crippen LogP contribution in [-0.4, -0.2) is 20.9 Å². The van der Waals surface area contributed by atoms with E-state index in [1.165, 1.54) is 5.56 Å². The smallest absolute Gasteiger partial charge is 0.251 e. The molecular formula is C29H28N2O3S. The standard InChI is InChI=1S/C29H28N2O3S/c32-29(30-21-11-14-23-12-3-1-4-13-23)28-20-10-9-19-27(28)26-18-8-7-15-24(26)22-31-35(33,34)25-16-5-2-6-17-25/h1-10,12-13,15-20,31H,11,14,21-22H2,(H,30,32). The van der Waals surface area contributed by atoms with Gasteiger partial charge in [0, 0.05) is 18.7 Å². The van der Waals surface area contributed by atoms with Gasteiger partial charge in [-0.1, -0.05) is 91.0 Å². The molecule has 0 bridgehead atoms. The van der Waals surface area contributed by atoms with E-state index < -0.39 is 10.0 Å². The molecule has 0 aliphatic heterocycles. The van der Waals surface area contributed by atoms with Crippen molar-refractivity contribution in [2.75, 3.05) is 6.54 Å². The second-order valence-corrected chi connectivity index (χ2v) is 9.95. The molecule has 4 rings (SSSR count). The van der Waals surface area contributed by atoms with E-state index in [4.69, 9.17) is 0 Å². The fraction of sp³-hybridized carbons (Fsp3) is 0.138. The highest BCUT2D eigenvalue weighted by Crippen LogP contribution is 2.27. The van der Waals surface area contributed by atoms with Crippen LogP contribution in [0.25, 0.3) is 11.1 Å². The summed E-state index contributed by atoms with van der Waals surface area (Å²) in [6, 6.07) is 33.4. The Morgan fingerprint density at radius 3 is 2.03 bits per heavy atom. The first kappa shape index (κ1) is 24.4. The van der Waals surface area contributed by atoms with E-state index in [-0.39, 0.29) is 17.3 Å². The topological polar surface area (TPSA) is 75.3 Å². The van der Waals surface area contributed by atoms with Gasteiger partial charge in [-0.05, 0) is 53.3 Å². The van der Waals surface area contributed by atoms with Gasteiger partial charge in [-0.3, -0.25) is 4.79 Å². The third kappa shape index (κ3) is 6.44. The summed E-state index contributed by atoms with van der Waals surface area (Å²) in [5, 5.41) is 3.03. The molecular weight excluding hydrogens is 456 g/mol. The Labute approximate surface area is 206 Å². The van der Waals surface area contributed by atoms with Crippen molar-refractivity contribution in [2.45, 2.75) is 24.3 Å². The molecule has 0 aliphatic rings. The number of sulfonamides is 1. The fourth-order valence-corrected chi connectivity index (χ4v) is 4.97. The van der Waals surface area contributed by atoms with Crippen LogP contribution in [0.3, 0.4) is 0 Å². The minimum absolute atomic E-state index is 0.112. The Morgan fingerprint density at radius 2 is 1.29 bits per heavy atom. The van der Waals surface area contributed by atoms with Gasteiger partial charge in [0.05, 0.1) is 4.90 Å². The highest BCUT2D eigenvalue weighted by atomic mass is 32.2. The quantitative estimate of drug-likeness (QED) is 0.304. The minimum atomic E-state index is -3.65. The molecule has 0 saturated heterocycles. The van der Waals surface area contributed by atoms with Gasteiger partial charge in [0.25, 0.3) is 5.91 Å². The third-order valence-corrected chi connectivity index (χ3v) is 7.17. The average molecular weight is 485 g/mol. The van der Waals surface area contributed by atoms with Gasteiger partial charge in [-0.15, -0.1) is 0 Å². The molecule has 0 heterocycles. The molecule has 0 saturated carbocycles. The number of rotatable bonds is 10. The van der Waals surface area contributed by atoms with Crippen molar-refractivity contribution in [3.8, 4) is 11.1 Å². The lowest BCUT2D eigenvalue weighted by atomic mass is 9.95. The van der Waals surface area contributed by atoms with Gasteiger partial charge in [0.1, 0.15) is 0 Å². The molecule has 0 atom stereocenters. The molecule has 0 spiro atoms. The number of carbonyl (C=O) groups is 1. The van der Waals surface area contributed by atoms with E-state index in [0.717, 1.165) is 29.5 Å². The molecule has 4 aromatic carbocycles. The predicted octanol–water partition coefficient (Wildman–Crippen LogP) is 5.19. The summed E-state index contributed by atoms with van der Waals surface area (Å²) < 4.78 is 28.1. The van der Waals surface area contributed by atoms with Crippen LogP contribution < -0.4 is 10.0 Å². The van der Waals surface area contributed by atoms with E-state index in [0.29, 0.717) is 12.1 Å². The molecule has 0 radical (unpaired) electrons. The lowest BCUT2D eigenvalue weighted by Crippen LogP contribution is -2.26. The van der Waals surface area contributed by atoms with Crippen LogP contribution >= 0.6 is 0 Å². The zero-order valence-electron chi connectivity index (χ0n) is 19.4. The van der Waals surface area contributed by atoms with Gasteiger partial charge in [-0.25, -0.2) is 13.1 Å². The van der Waals surface area contributed by atoms with Crippen LogP contribution in [0.4, 0.5) is 0 Å². The van der Waals surface area contributed by atoms with Crippen LogP contribution in [0.15, 0.2) is 114 Å². The normalized spacial score (nSPS) is 11.2. The Kier molecular flexibility index (Phi) is 8.08. The Morgan fingerprint density at radius 1 is 0.686 bits per heavy atom. The summed E-state index contributed by atoms with van der Waals surface area (Å²) in [4.78, 5) is 13.3. The predicted molar refractivity (Wildman–Crippen MR) is 139 cm³/mol. The summed E-state index contributed by atoms with van der Waals surface area (Å²) in [5.41, 5.74) is 4.18. The summed E-state index contributed by atoms with van der Waals surface area (Å²) in [6.45, 7) is 0.682. The van der Waals surface area contributed by atoms with E-state index in [9.17, 15) is 13.2 Å². The van der Waals surface area contributed by atoms with Gasteiger partial charge >= 0.3 is 0 Å². The first-order valence-corrected chi connectivity index (χ1v) is 13.1. The van der Waals surface area contributed by atoms with Gasteiger partial charge in [-0.2, -0.15) is 0 Å². The Balaban J connectivity index is 1.47. The summed E-state index contributed by atoms with van der Waals surface area (Å²) in [7, 11) is -3.65. The molecule has 0 aromatic heterocycles. The zero-order chi connectivity index (χ0) is 24.5. The number of hydrogen-bond donors (Lipinski definition) is 2. The van der Waals surface area contributed by atoms with Gasteiger partial charge in [0.2, 0.25) is 10.0 Å². The molecule has 0 fully saturated rings. The van der Waals surface area contributed by atoms with Gasteiger partial charge in [0.15, 0.2) is 0 Å². The van der Waals surface area contributed by atoms with E-state index in [1.807, 2.05) is 60.7 Å². The van der Waals surface area contributed by atoms with Gasteiger partial charge < -0.3 is 5.32 Å². The number of benzene rings is 4. The maximum atomic E-state index is 13.0. The molecule has 4 aromatic rings. The van der Waals surface area contributed by atoms with Crippen LogP contribution in [0, 0.1) is 0 Å². The van der Waals surface area contributed by atoms with Crippen molar-refractivity contribution in [1.29, 1.82) is 0 Å². The molecule has 2 N–H and O–H groups in total. The van der Waals surface area contributed by atoms with Crippen molar-refractivity contribution in [1.82, 2.24) is 10.0 Å². The largest absolute Gasteiger partial charge is 0.352 e. The number of carbonyl (C=O) groups excluding carboxylic acids is 1. The van der Waals surface area contributed by atoms with Crippen molar-refractivity contribution in [2.24, 2.45) is 0 Å².